The molecule has 1 unspecified atom stereocenters. The van der Waals surface area contributed by atoms with E-state index in [0.29, 0.717) is 45.5 Å². The quantitative estimate of drug-likeness (QED) is 0.716. The fourth-order valence-electron chi connectivity index (χ4n) is 1.92. The molecular weight excluding hydrogens is 234 g/mol. The molecule has 0 bridgehead atoms. The first kappa shape index (κ1) is 14.5. The molecule has 1 rings (SSSR count). The van der Waals surface area contributed by atoms with Crippen LogP contribution in [0.25, 0.3) is 0 Å². The van der Waals surface area contributed by atoms with E-state index in [-0.39, 0.29) is 17.7 Å². The van der Waals surface area contributed by atoms with Crippen molar-refractivity contribution in [3.63, 3.8) is 0 Å². The Kier molecular flexibility index (Phi) is 6.15. The molecular formula is C12H19N3O3. The number of hydrogen-bond donors (Lipinski definition) is 1. The lowest BCUT2D eigenvalue weighted by molar-refractivity contribution is -0.138. The van der Waals surface area contributed by atoms with Crippen LogP contribution < -0.4 is 5.32 Å². The summed E-state index contributed by atoms with van der Waals surface area (Å²) in [7, 11) is 1.58. The van der Waals surface area contributed by atoms with Crippen LogP contribution in [0.1, 0.15) is 19.3 Å². The SMILES string of the molecule is COCCN(CCC#N)C(=O)C1CCC(=O)NC1. The minimum atomic E-state index is -0.168. The van der Waals surface area contributed by atoms with Crippen LogP contribution in [-0.4, -0.2) is 50.1 Å². The van der Waals surface area contributed by atoms with Crippen LogP contribution in [0, 0.1) is 17.2 Å². The van der Waals surface area contributed by atoms with Crippen LogP contribution in [0.4, 0.5) is 0 Å². The number of methoxy groups -OCH3 is 1. The van der Waals surface area contributed by atoms with Gasteiger partial charge in [-0.3, -0.25) is 9.59 Å². The predicted molar refractivity (Wildman–Crippen MR) is 64.4 cm³/mol. The van der Waals surface area contributed by atoms with Gasteiger partial charge in [-0.25, -0.2) is 0 Å². The molecule has 100 valence electrons. The fraction of sp³-hybridized carbons (Fsp3) is 0.750. The molecule has 0 aromatic carbocycles. The van der Waals surface area contributed by atoms with Gasteiger partial charge < -0.3 is 15.0 Å². The molecule has 0 spiro atoms. The molecule has 1 saturated heterocycles. The van der Waals surface area contributed by atoms with Gasteiger partial charge in [-0.1, -0.05) is 0 Å². The summed E-state index contributed by atoms with van der Waals surface area (Å²) in [5, 5.41) is 11.3. The van der Waals surface area contributed by atoms with E-state index in [1.165, 1.54) is 0 Å². The van der Waals surface area contributed by atoms with Crippen molar-refractivity contribution in [3.05, 3.63) is 0 Å². The number of nitrogens with one attached hydrogen (secondary N) is 1. The third kappa shape index (κ3) is 4.34. The standard InChI is InChI=1S/C12H19N3O3/c1-18-8-7-15(6-2-5-13)12(17)10-3-4-11(16)14-9-10/h10H,2-4,6-9H2,1H3,(H,14,16). The van der Waals surface area contributed by atoms with Crippen LogP contribution in [0.5, 0.6) is 0 Å². The Labute approximate surface area is 107 Å². The van der Waals surface area contributed by atoms with E-state index < -0.39 is 0 Å². The summed E-state index contributed by atoms with van der Waals surface area (Å²) >= 11 is 0. The average Bonchev–Trinajstić information content (AvgIpc) is 2.39. The molecule has 1 fully saturated rings. The van der Waals surface area contributed by atoms with E-state index in [4.69, 9.17) is 10.00 Å². The number of amides is 2. The summed E-state index contributed by atoms with van der Waals surface area (Å²) in [6.45, 7) is 1.76. The predicted octanol–water partition coefficient (Wildman–Crippen LogP) is -0.0987. The van der Waals surface area contributed by atoms with E-state index in [2.05, 4.69) is 5.32 Å². The Morgan fingerprint density at radius 1 is 1.61 bits per heavy atom. The number of rotatable bonds is 6. The fourth-order valence-corrected chi connectivity index (χ4v) is 1.92. The van der Waals surface area contributed by atoms with Crippen molar-refractivity contribution < 1.29 is 14.3 Å². The zero-order chi connectivity index (χ0) is 13.4. The summed E-state index contributed by atoms with van der Waals surface area (Å²) in [4.78, 5) is 24.9. The minimum absolute atomic E-state index is 0.000448. The lowest BCUT2D eigenvalue weighted by Crippen LogP contribution is -2.46. The number of carbonyl (C=O) groups is 2. The Hall–Kier alpha value is -1.61. The summed E-state index contributed by atoms with van der Waals surface area (Å²) in [5.41, 5.74) is 0. The second kappa shape index (κ2) is 7.67. The molecule has 1 aliphatic heterocycles. The molecule has 0 radical (unpaired) electrons. The zero-order valence-electron chi connectivity index (χ0n) is 10.6. The van der Waals surface area contributed by atoms with Gasteiger partial charge in [0.25, 0.3) is 0 Å². The maximum atomic E-state index is 12.2. The molecule has 1 atom stereocenters. The number of nitriles is 1. The molecule has 1 N–H and O–H groups in total. The second-order valence-electron chi connectivity index (χ2n) is 4.27. The van der Waals surface area contributed by atoms with E-state index >= 15 is 0 Å². The molecule has 0 saturated carbocycles. The monoisotopic (exact) mass is 253 g/mol. The van der Waals surface area contributed by atoms with Crippen molar-refractivity contribution in [2.75, 3.05) is 33.4 Å². The van der Waals surface area contributed by atoms with E-state index in [0.717, 1.165) is 0 Å². The van der Waals surface area contributed by atoms with Crippen LogP contribution in [-0.2, 0) is 14.3 Å². The smallest absolute Gasteiger partial charge is 0.227 e. The van der Waals surface area contributed by atoms with Crippen molar-refractivity contribution >= 4 is 11.8 Å². The highest BCUT2D eigenvalue weighted by atomic mass is 16.5. The minimum Gasteiger partial charge on any atom is -0.383 e. The Morgan fingerprint density at radius 2 is 2.39 bits per heavy atom. The third-order valence-electron chi connectivity index (χ3n) is 2.99. The van der Waals surface area contributed by atoms with E-state index in [9.17, 15) is 9.59 Å². The lowest BCUT2D eigenvalue weighted by Gasteiger charge is -2.28. The molecule has 0 aromatic heterocycles. The number of hydrogen-bond acceptors (Lipinski definition) is 4. The van der Waals surface area contributed by atoms with Gasteiger partial charge in [0, 0.05) is 33.2 Å². The molecule has 6 nitrogen and oxygen atoms in total. The van der Waals surface area contributed by atoms with Crippen molar-refractivity contribution in [2.45, 2.75) is 19.3 Å². The highest BCUT2D eigenvalue weighted by Crippen LogP contribution is 2.14. The maximum absolute atomic E-state index is 12.2. The largest absolute Gasteiger partial charge is 0.383 e. The molecule has 0 aliphatic carbocycles. The highest BCUT2D eigenvalue weighted by Gasteiger charge is 2.27. The average molecular weight is 253 g/mol. The zero-order valence-corrected chi connectivity index (χ0v) is 10.6. The molecule has 6 heteroatoms. The van der Waals surface area contributed by atoms with Crippen molar-refractivity contribution in [1.82, 2.24) is 10.2 Å². The molecule has 2 amide bonds. The summed E-state index contributed by atoms with van der Waals surface area (Å²) in [6.07, 6.45) is 1.29. The van der Waals surface area contributed by atoms with Gasteiger partial charge in [0.2, 0.25) is 11.8 Å². The topological polar surface area (TPSA) is 82.4 Å². The molecule has 0 aromatic rings. The Morgan fingerprint density at radius 3 is 2.94 bits per heavy atom. The van der Waals surface area contributed by atoms with Gasteiger partial charge in [-0.05, 0) is 6.42 Å². The van der Waals surface area contributed by atoms with Crippen molar-refractivity contribution in [3.8, 4) is 6.07 Å². The van der Waals surface area contributed by atoms with Gasteiger partial charge in [-0.2, -0.15) is 5.26 Å². The number of nitrogens with zero attached hydrogens (tertiary/aromatic N) is 2. The normalized spacial score (nSPS) is 18.9. The van der Waals surface area contributed by atoms with Gasteiger partial charge in [-0.15, -0.1) is 0 Å². The summed E-state index contributed by atoms with van der Waals surface area (Å²) in [5.74, 6) is -0.167. The first-order valence-electron chi connectivity index (χ1n) is 6.10. The Bertz CT molecular complexity index is 328. The number of carbonyl (C=O) groups excluding carboxylic acids is 2. The Balaban J connectivity index is 2.51. The van der Waals surface area contributed by atoms with Crippen LogP contribution in [0.3, 0.4) is 0 Å². The van der Waals surface area contributed by atoms with Crippen LogP contribution in [0.2, 0.25) is 0 Å². The number of piperidine rings is 1. The molecule has 1 aliphatic rings. The summed E-state index contributed by atoms with van der Waals surface area (Å²) < 4.78 is 4.96. The van der Waals surface area contributed by atoms with Gasteiger partial charge in [0.1, 0.15) is 0 Å². The molecule has 1 heterocycles. The van der Waals surface area contributed by atoms with Crippen molar-refractivity contribution in [2.24, 2.45) is 5.92 Å². The lowest BCUT2D eigenvalue weighted by atomic mass is 9.97. The third-order valence-corrected chi connectivity index (χ3v) is 2.99. The summed E-state index contributed by atoms with van der Waals surface area (Å²) in [6, 6.07) is 2.04. The van der Waals surface area contributed by atoms with Gasteiger partial charge in [0.05, 0.1) is 25.0 Å². The first-order chi connectivity index (χ1) is 8.69. The van der Waals surface area contributed by atoms with E-state index in [1.54, 1.807) is 12.0 Å². The van der Waals surface area contributed by atoms with Gasteiger partial charge >= 0.3 is 0 Å². The maximum Gasteiger partial charge on any atom is 0.227 e. The second-order valence-corrected chi connectivity index (χ2v) is 4.27. The van der Waals surface area contributed by atoms with Crippen LogP contribution in [0.15, 0.2) is 0 Å². The van der Waals surface area contributed by atoms with Gasteiger partial charge in [0.15, 0.2) is 0 Å². The number of ether oxygens (including phenoxy) is 1. The highest BCUT2D eigenvalue weighted by molar-refractivity contribution is 5.83. The van der Waals surface area contributed by atoms with Crippen LogP contribution >= 0.6 is 0 Å². The van der Waals surface area contributed by atoms with E-state index in [1.807, 2.05) is 6.07 Å². The van der Waals surface area contributed by atoms with Crippen molar-refractivity contribution in [1.29, 1.82) is 5.26 Å². The first-order valence-corrected chi connectivity index (χ1v) is 6.10. The molecule has 18 heavy (non-hydrogen) atoms.